The van der Waals surface area contributed by atoms with Gasteiger partial charge in [-0.1, -0.05) is 31.4 Å². The smallest absolute Gasteiger partial charge is 0.339 e. The molecule has 3 rings (SSSR count). The lowest BCUT2D eigenvalue weighted by Crippen LogP contribution is -2.45. The zero-order chi connectivity index (χ0) is 18.0. The number of hydrogen-bond donors (Lipinski definition) is 1. The summed E-state index contributed by atoms with van der Waals surface area (Å²) in [5.74, 6) is 0.342. The number of ether oxygens (including phenoxy) is 3. The molecule has 0 spiro atoms. The highest BCUT2D eigenvalue weighted by molar-refractivity contribution is 6.32. The molecule has 1 saturated carbocycles. The molecular weight excluding hydrogens is 346 g/mol. The van der Waals surface area contributed by atoms with E-state index in [1.54, 1.807) is 6.92 Å². The van der Waals surface area contributed by atoms with Crippen molar-refractivity contribution >= 4 is 23.5 Å². The highest BCUT2D eigenvalue weighted by Gasteiger charge is 2.27. The van der Waals surface area contributed by atoms with Crippen molar-refractivity contribution in [2.45, 2.75) is 51.7 Å². The summed E-state index contributed by atoms with van der Waals surface area (Å²) in [7, 11) is 0. The van der Waals surface area contributed by atoms with Crippen LogP contribution in [0.25, 0.3) is 0 Å². The van der Waals surface area contributed by atoms with Crippen molar-refractivity contribution in [3.8, 4) is 11.5 Å². The van der Waals surface area contributed by atoms with Gasteiger partial charge in [-0.2, -0.15) is 0 Å². The molecule has 1 N–H and O–H groups in total. The number of carbonyl (C=O) groups excluding carboxylic acids is 2. The Hall–Kier alpha value is -1.95. The van der Waals surface area contributed by atoms with E-state index in [1.165, 1.54) is 18.6 Å². The number of fused-ring (bicyclic) bond motifs is 1. The average Bonchev–Trinajstić information content (AvgIpc) is 3.06. The van der Waals surface area contributed by atoms with Gasteiger partial charge in [-0.3, -0.25) is 4.79 Å². The number of hydrogen-bond acceptors (Lipinski definition) is 5. The molecule has 7 heteroatoms. The highest BCUT2D eigenvalue weighted by Crippen LogP contribution is 2.40. The molecule has 1 aliphatic heterocycles. The number of halogens is 1. The number of rotatable bonds is 4. The molecule has 1 aliphatic carbocycles. The fourth-order valence-corrected chi connectivity index (χ4v) is 3.46. The molecule has 0 bridgehead atoms. The molecule has 25 heavy (non-hydrogen) atoms. The van der Waals surface area contributed by atoms with Crippen LogP contribution in [-0.2, 0) is 9.53 Å². The Kier molecular flexibility index (Phi) is 5.37. The first kappa shape index (κ1) is 17.9. The maximum absolute atomic E-state index is 12.3. The molecule has 1 aromatic rings. The minimum absolute atomic E-state index is 0.0614. The molecule has 1 aromatic carbocycles. The van der Waals surface area contributed by atoms with E-state index < -0.39 is 12.1 Å². The van der Waals surface area contributed by atoms with Crippen LogP contribution in [0.1, 0.15) is 49.9 Å². The van der Waals surface area contributed by atoms with E-state index in [9.17, 15) is 9.59 Å². The van der Waals surface area contributed by atoms with Crippen molar-refractivity contribution in [2.24, 2.45) is 5.92 Å². The van der Waals surface area contributed by atoms with Gasteiger partial charge in [0.25, 0.3) is 5.91 Å². The van der Waals surface area contributed by atoms with Crippen molar-refractivity contribution < 1.29 is 23.8 Å². The molecule has 2 aliphatic rings. The summed E-state index contributed by atoms with van der Waals surface area (Å²) < 4.78 is 15.7. The van der Waals surface area contributed by atoms with Crippen LogP contribution in [0.4, 0.5) is 0 Å². The first-order valence-corrected chi connectivity index (χ1v) is 8.94. The van der Waals surface area contributed by atoms with Crippen LogP contribution in [0.15, 0.2) is 12.1 Å². The lowest BCUT2D eigenvalue weighted by molar-refractivity contribution is -0.130. The lowest BCUT2D eigenvalue weighted by Gasteiger charge is -2.30. The predicted molar refractivity (Wildman–Crippen MR) is 92.0 cm³/mol. The van der Waals surface area contributed by atoms with Gasteiger partial charge >= 0.3 is 5.97 Å². The van der Waals surface area contributed by atoms with Crippen molar-refractivity contribution in [3.63, 3.8) is 0 Å². The Balaban J connectivity index is 1.60. The third kappa shape index (κ3) is 4.00. The molecule has 0 radical (unpaired) electrons. The van der Waals surface area contributed by atoms with E-state index in [0.717, 1.165) is 19.3 Å². The van der Waals surface area contributed by atoms with E-state index >= 15 is 0 Å². The third-order valence-corrected chi connectivity index (χ3v) is 5.04. The molecule has 1 amide bonds. The van der Waals surface area contributed by atoms with Crippen LogP contribution < -0.4 is 14.8 Å². The maximum atomic E-state index is 12.3. The lowest BCUT2D eigenvalue weighted by atomic mass is 9.86. The summed E-state index contributed by atoms with van der Waals surface area (Å²) in [6.07, 6.45) is 3.49. The second-order valence-corrected chi connectivity index (χ2v) is 7.02. The SMILES string of the molecule is C[C@H](OC(=O)c1cc(Cl)c2c(c1)OCO2)C(=O)N[C@@H]1CCCC[C@@H]1C. The van der Waals surface area contributed by atoms with Crippen LogP contribution in [0.3, 0.4) is 0 Å². The van der Waals surface area contributed by atoms with Gasteiger partial charge < -0.3 is 19.5 Å². The van der Waals surface area contributed by atoms with Crippen molar-refractivity contribution in [3.05, 3.63) is 22.7 Å². The quantitative estimate of drug-likeness (QED) is 0.826. The second-order valence-electron chi connectivity index (χ2n) is 6.62. The minimum atomic E-state index is -0.883. The highest BCUT2D eigenvalue weighted by atomic mass is 35.5. The molecule has 6 nitrogen and oxygen atoms in total. The topological polar surface area (TPSA) is 73.9 Å². The molecule has 1 heterocycles. The van der Waals surface area contributed by atoms with Gasteiger partial charge in [-0.05, 0) is 37.8 Å². The number of esters is 1. The van der Waals surface area contributed by atoms with E-state index in [1.807, 2.05) is 0 Å². The van der Waals surface area contributed by atoms with Gasteiger partial charge in [0.05, 0.1) is 10.6 Å². The van der Waals surface area contributed by atoms with Gasteiger partial charge in [0.2, 0.25) is 6.79 Å². The average molecular weight is 368 g/mol. The van der Waals surface area contributed by atoms with Crippen LogP contribution in [0.5, 0.6) is 11.5 Å². The number of carbonyl (C=O) groups is 2. The standard InChI is InChI=1S/C18H22ClNO5/c1-10-5-3-4-6-14(10)20-17(21)11(2)25-18(22)12-7-13(19)16-15(8-12)23-9-24-16/h7-8,10-11,14H,3-6,9H2,1-2H3,(H,20,21)/t10-,11-,14+/m0/s1. The normalized spacial score (nSPS) is 23.0. The predicted octanol–water partition coefficient (Wildman–Crippen LogP) is 3.31. The van der Waals surface area contributed by atoms with E-state index in [4.69, 9.17) is 25.8 Å². The Morgan fingerprint density at radius 2 is 2.04 bits per heavy atom. The Morgan fingerprint density at radius 1 is 1.28 bits per heavy atom. The largest absolute Gasteiger partial charge is 0.454 e. The molecule has 0 saturated heterocycles. The third-order valence-electron chi connectivity index (χ3n) is 4.76. The van der Waals surface area contributed by atoms with Crippen LogP contribution >= 0.6 is 11.6 Å². The Morgan fingerprint density at radius 3 is 2.80 bits per heavy atom. The molecular formula is C18H22ClNO5. The van der Waals surface area contributed by atoms with Gasteiger partial charge in [0.1, 0.15) is 0 Å². The van der Waals surface area contributed by atoms with Gasteiger partial charge in [-0.15, -0.1) is 0 Å². The van der Waals surface area contributed by atoms with Crippen LogP contribution in [0, 0.1) is 5.92 Å². The summed E-state index contributed by atoms with van der Waals surface area (Å²) in [5, 5.41) is 3.26. The zero-order valence-corrected chi connectivity index (χ0v) is 15.1. The summed E-state index contributed by atoms with van der Waals surface area (Å²) in [4.78, 5) is 24.6. The molecule has 0 aromatic heterocycles. The molecule has 136 valence electrons. The summed E-state index contributed by atoms with van der Waals surface area (Å²) >= 11 is 6.07. The van der Waals surface area contributed by atoms with Crippen LogP contribution in [-0.4, -0.2) is 30.8 Å². The fourth-order valence-electron chi connectivity index (χ4n) is 3.20. The summed E-state index contributed by atoms with van der Waals surface area (Å²) in [6, 6.07) is 3.10. The van der Waals surface area contributed by atoms with Gasteiger partial charge in [0, 0.05) is 6.04 Å². The van der Waals surface area contributed by atoms with E-state index in [-0.39, 0.29) is 29.3 Å². The summed E-state index contributed by atoms with van der Waals surface area (Å²) in [5.41, 5.74) is 0.222. The first-order valence-electron chi connectivity index (χ1n) is 8.56. The second kappa shape index (κ2) is 7.52. The monoisotopic (exact) mass is 367 g/mol. The zero-order valence-electron chi connectivity index (χ0n) is 14.3. The molecule has 1 fully saturated rings. The molecule has 0 unspecified atom stereocenters. The van der Waals surface area contributed by atoms with Crippen molar-refractivity contribution in [1.82, 2.24) is 5.32 Å². The molecule has 3 atom stereocenters. The van der Waals surface area contributed by atoms with E-state index in [0.29, 0.717) is 17.4 Å². The van der Waals surface area contributed by atoms with Gasteiger partial charge in [0.15, 0.2) is 17.6 Å². The van der Waals surface area contributed by atoms with E-state index in [2.05, 4.69) is 12.2 Å². The van der Waals surface area contributed by atoms with Crippen molar-refractivity contribution in [1.29, 1.82) is 0 Å². The van der Waals surface area contributed by atoms with Crippen LogP contribution in [0.2, 0.25) is 5.02 Å². The number of benzene rings is 1. The Labute approximate surface area is 151 Å². The van der Waals surface area contributed by atoms with Gasteiger partial charge in [-0.25, -0.2) is 4.79 Å². The summed E-state index contributed by atoms with van der Waals surface area (Å²) in [6.45, 7) is 3.76. The maximum Gasteiger partial charge on any atom is 0.339 e. The fraction of sp³-hybridized carbons (Fsp3) is 0.556. The minimum Gasteiger partial charge on any atom is -0.454 e. The number of nitrogens with one attached hydrogen (secondary N) is 1. The first-order chi connectivity index (χ1) is 12.0. The van der Waals surface area contributed by atoms with Crippen molar-refractivity contribution in [2.75, 3.05) is 6.79 Å². The Bertz CT molecular complexity index is 678. The number of amides is 1.